The minimum atomic E-state index is 0.456. The van der Waals surface area contributed by atoms with Gasteiger partial charge in [-0.25, -0.2) is 0 Å². The topological polar surface area (TPSA) is 48.1 Å². The molecule has 0 aliphatic heterocycles. The fraction of sp³-hybridized carbons (Fsp3) is 0.267. The molecule has 0 aliphatic carbocycles. The van der Waals surface area contributed by atoms with Crippen LogP contribution in [0.2, 0.25) is 0 Å². The van der Waals surface area contributed by atoms with Crippen LogP contribution in [0.15, 0.2) is 36.5 Å². The molecule has 1 heterocycles. The zero-order valence-corrected chi connectivity index (χ0v) is 10.8. The number of hydrogen-bond donors (Lipinski definition) is 1. The minimum Gasteiger partial charge on any atom is -0.488 e. The summed E-state index contributed by atoms with van der Waals surface area (Å²) in [4.78, 5) is 4.17. The lowest BCUT2D eigenvalue weighted by atomic mass is 10.1. The van der Waals surface area contributed by atoms with E-state index in [2.05, 4.69) is 31.0 Å². The van der Waals surface area contributed by atoms with Crippen molar-refractivity contribution in [3.8, 4) is 5.75 Å². The molecule has 1 aromatic carbocycles. The molecule has 0 atom stereocenters. The van der Waals surface area contributed by atoms with Crippen LogP contribution in [0, 0.1) is 13.8 Å². The fourth-order valence-electron chi connectivity index (χ4n) is 1.91. The van der Waals surface area contributed by atoms with Crippen molar-refractivity contribution in [2.75, 3.05) is 0 Å². The van der Waals surface area contributed by atoms with Gasteiger partial charge in [0.15, 0.2) is 0 Å². The summed E-state index contributed by atoms with van der Waals surface area (Å²) >= 11 is 0. The maximum atomic E-state index is 5.88. The Kier molecular flexibility index (Phi) is 3.95. The summed E-state index contributed by atoms with van der Waals surface area (Å²) in [5, 5.41) is 0. The summed E-state index contributed by atoms with van der Waals surface area (Å²) < 4.78 is 5.88. The van der Waals surface area contributed by atoms with Crippen LogP contribution in [0.1, 0.15) is 22.4 Å². The standard InChI is InChI=1S/C15H18N2O/c1-11-4-3-5-12(2)15(11)18-10-13-6-7-17-14(8-13)9-16/h3-8H,9-10,16H2,1-2H3. The molecule has 0 saturated heterocycles. The van der Waals surface area contributed by atoms with Gasteiger partial charge in [-0.05, 0) is 42.7 Å². The predicted molar refractivity (Wildman–Crippen MR) is 72.4 cm³/mol. The second kappa shape index (κ2) is 5.65. The van der Waals surface area contributed by atoms with Crippen molar-refractivity contribution in [3.63, 3.8) is 0 Å². The van der Waals surface area contributed by atoms with Crippen molar-refractivity contribution >= 4 is 0 Å². The van der Waals surface area contributed by atoms with Gasteiger partial charge in [0, 0.05) is 12.7 Å². The Bertz CT molecular complexity index is 518. The maximum absolute atomic E-state index is 5.88. The number of ether oxygens (including phenoxy) is 1. The van der Waals surface area contributed by atoms with Crippen LogP contribution in [0.5, 0.6) is 5.75 Å². The first kappa shape index (κ1) is 12.6. The highest BCUT2D eigenvalue weighted by Gasteiger charge is 2.04. The number of pyridine rings is 1. The van der Waals surface area contributed by atoms with E-state index < -0.39 is 0 Å². The average molecular weight is 242 g/mol. The summed E-state index contributed by atoms with van der Waals surface area (Å²) in [7, 11) is 0. The van der Waals surface area contributed by atoms with E-state index in [1.165, 1.54) is 0 Å². The van der Waals surface area contributed by atoms with Gasteiger partial charge in [-0.15, -0.1) is 0 Å². The van der Waals surface area contributed by atoms with Crippen LogP contribution in [0.25, 0.3) is 0 Å². The minimum absolute atomic E-state index is 0.456. The second-order valence-corrected chi connectivity index (χ2v) is 4.37. The molecule has 0 saturated carbocycles. The van der Waals surface area contributed by atoms with Gasteiger partial charge in [0.2, 0.25) is 0 Å². The average Bonchev–Trinajstić information content (AvgIpc) is 2.38. The summed E-state index contributed by atoms with van der Waals surface area (Å²) in [5.74, 6) is 0.962. The Balaban J connectivity index is 2.11. The largest absolute Gasteiger partial charge is 0.488 e. The van der Waals surface area contributed by atoms with E-state index in [4.69, 9.17) is 10.5 Å². The highest BCUT2D eigenvalue weighted by molar-refractivity contribution is 5.39. The highest BCUT2D eigenvalue weighted by Crippen LogP contribution is 2.23. The van der Waals surface area contributed by atoms with E-state index in [1.54, 1.807) is 6.20 Å². The van der Waals surface area contributed by atoms with Crippen molar-refractivity contribution in [1.29, 1.82) is 0 Å². The molecule has 0 spiro atoms. The molecule has 0 bridgehead atoms. The highest BCUT2D eigenvalue weighted by atomic mass is 16.5. The summed E-state index contributed by atoms with van der Waals surface area (Å²) in [6, 6.07) is 10.1. The molecule has 0 amide bonds. The summed E-state index contributed by atoms with van der Waals surface area (Å²) in [6.45, 7) is 5.11. The van der Waals surface area contributed by atoms with Crippen molar-refractivity contribution in [1.82, 2.24) is 4.98 Å². The third-order valence-electron chi connectivity index (χ3n) is 2.88. The van der Waals surface area contributed by atoms with E-state index in [-0.39, 0.29) is 0 Å². The van der Waals surface area contributed by atoms with Crippen molar-refractivity contribution < 1.29 is 4.74 Å². The number of benzene rings is 1. The molecule has 0 unspecified atom stereocenters. The number of aryl methyl sites for hydroxylation is 2. The normalized spacial score (nSPS) is 10.4. The van der Waals surface area contributed by atoms with Gasteiger partial charge in [-0.1, -0.05) is 18.2 Å². The molecular formula is C15H18N2O. The van der Waals surface area contributed by atoms with Crippen LogP contribution in [-0.2, 0) is 13.2 Å². The van der Waals surface area contributed by atoms with Crippen LogP contribution < -0.4 is 10.5 Å². The molecule has 0 aliphatic rings. The smallest absolute Gasteiger partial charge is 0.125 e. The number of hydrogen-bond acceptors (Lipinski definition) is 3. The molecule has 3 heteroatoms. The Hall–Kier alpha value is -1.87. The predicted octanol–water partition coefficient (Wildman–Crippen LogP) is 2.74. The van der Waals surface area contributed by atoms with Gasteiger partial charge < -0.3 is 10.5 Å². The summed E-state index contributed by atoms with van der Waals surface area (Å²) in [5.41, 5.74) is 9.86. The number of rotatable bonds is 4. The zero-order valence-electron chi connectivity index (χ0n) is 10.8. The lowest BCUT2D eigenvalue weighted by Crippen LogP contribution is -2.03. The second-order valence-electron chi connectivity index (χ2n) is 4.37. The molecule has 94 valence electrons. The first-order valence-electron chi connectivity index (χ1n) is 6.03. The van der Waals surface area contributed by atoms with Gasteiger partial charge >= 0.3 is 0 Å². The molecule has 2 rings (SSSR count). The molecule has 0 fully saturated rings. The van der Waals surface area contributed by atoms with Crippen LogP contribution >= 0.6 is 0 Å². The Morgan fingerprint density at radius 1 is 1.17 bits per heavy atom. The first-order chi connectivity index (χ1) is 8.70. The number of nitrogens with two attached hydrogens (primary N) is 1. The zero-order chi connectivity index (χ0) is 13.0. The molecule has 18 heavy (non-hydrogen) atoms. The third-order valence-corrected chi connectivity index (χ3v) is 2.88. The Morgan fingerprint density at radius 3 is 2.56 bits per heavy atom. The van der Waals surface area contributed by atoms with E-state index >= 15 is 0 Å². The Morgan fingerprint density at radius 2 is 1.89 bits per heavy atom. The molecule has 0 radical (unpaired) electrons. The van der Waals surface area contributed by atoms with Gasteiger partial charge in [-0.2, -0.15) is 0 Å². The van der Waals surface area contributed by atoms with E-state index in [0.29, 0.717) is 13.2 Å². The van der Waals surface area contributed by atoms with Gasteiger partial charge in [0.25, 0.3) is 0 Å². The number of para-hydroxylation sites is 1. The first-order valence-corrected chi connectivity index (χ1v) is 6.03. The number of nitrogens with zero attached hydrogens (tertiary/aromatic N) is 1. The number of aromatic nitrogens is 1. The summed E-state index contributed by atoms with van der Waals surface area (Å²) in [6.07, 6.45) is 1.77. The lowest BCUT2D eigenvalue weighted by Gasteiger charge is -2.12. The molecule has 3 nitrogen and oxygen atoms in total. The van der Waals surface area contributed by atoms with Gasteiger partial charge in [-0.3, -0.25) is 4.98 Å². The van der Waals surface area contributed by atoms with Crippen LogP contribution in [0.3, 0.4) is 0 Å². The van der Waals surface area contributed by atoms with Crippen LogP contribution in [-0.4, -0.2) is 4.98 Å². The van der Waals surface area contributed by atoms with E-state index in [9.17, 15) is 0 Å². The molecule has 1 aromatic heterocycles. The molecular weight excluding hydrogens is 224 g/mol. The van der Waals surface area contributed by atoms with Crippen molar-refractivity contribution in [3.05, 3.63) is 58.9 Å². The maximum Gasteiger partial charge on any atom is 0.125 e. The van der Waals surface area contributed by atoms with Gasteiger partial charge in [0.05, 0.1) is 5.69 Å². The quantitative estimate of drug-likeness (QED) is 0.896. The van der Waals surface area contributed by atoms with Crippen LogP contribution in [0.4, 0.5) is 0 Å². The third kappa shape index (κ3) is 2.87. The van der Waals surface area contributed by atoms with E-state index in [1.807, 2.05) is 18.2 Å². The SMILES string of the molecule is Cc1cccc(C)c1OCc1ccnc(CN)c1. The van der Waals surface area contributed by atoms with E-state index in [0.717, 1.165) is 28.1 Å². The fourth-order valence-corrected chi connectivity index (χ4v) is 1.91. The lowest BCUT2D eigenvalue weighted by molar-refractivity contribution is 0.301. The van der Waals surface area contributed by atoms with Crippen molar-refractivity contribution in [2.45, 2.75) is 27.0 Å². The van der Waals surface area contributed by atoms with Crippen molar-refractivity contribution in [2.24, 2.45) is 5.73 Å². The monoisotopic (exact) mass is 242 g/mol. The molecule has 2 N–H and O–H groups in total. The Labute approximate surface area is 108 Å². The molecule has 2 aromatic rings. The van der Waals surface area contributed by atoms with Gasteiger partial charge in [0.1, 0.15) is 12.4 Å².